The molecule has 0 amide bonds. The highest BCUT2D eigenvalue weighted by Gasteiger charge is 2.13. The average molecular weight is 393 g/mol. The highest BCUT2D eigenvalue weighted by molar-refractivity contribution is 9.10. The molecule has 0 spiro atoms. The third kappa shape index (κ3) is 4.51. The molecule has 0 radical (unpaired) electrons. The Kier molecular flexibility index (Phi) is 6.67. The van der Waals surface area contributed by atoms with E-state index in [9.17, 15) is 4.79 Å². The van der Waals surface area contributed by atoms with Crippen molar-refractivity contribution >= 4 is 22.2 Å². The number of halogens is 1. The summed E-state index contributed by atoms with van der Waals surface area (Å²) in [5, 5.41) is 0. The van der Waals surface area contributed by atoms with Crippen molar-refractivity contribution in [1.82, 2.24) is 0 Å². The third-order valence-corrected chi connectivity index (χ3v) is 3.98. The first kappa shape index (κ1) is 18.3. The Hall–Kier alpha value is -2.01. The van der Waals surface area contributed by atoms with Crippen LogP contribution >= 0.6 is 15.9 Å². The molecule has 0 unspecified atom stereocenters. The van der Waals surface area contributed by atoms with Gasteiger partial charge in [0.25, 0.3) is 0 Å². The minimum absolute atomic E-state index is 0.311. The molecular weight excluding hydrogens is 372 g/mol. The zero-order chi connectivity index (χ0) is 17.5. The molecular formula is C19H21BrO4. The predicted octanol–water partition coefficient (Wildman–Crippen LogP) is 4.85. The Morgan fingerprint density at radius 1 is 1.08 bits per heavy atom. The maximum absolute atomic E-state index is 11.2. The summed E-state index contributed by atoms with van der Waals surface area (Å²) in [6.07, 6.45) is 0.748. The molecule has 0 saturated heterocycles. The van der Waals surface area contributed by atoms with Gasteiger partial charge in [0.05, 0.1) is 12.7 Å². The first-order valence-corrected chi connectivity index (χ1v) is 8.53. The van der Waals surface area contributed by atoms with Crippen molar-refractivity contribution in [2.75, 3.05) is 20.3 Å². The summed E-state index contributed by atoms with van der Waals surface area (Å²) in [7, 11) is 1.54. The van der Waals surface area contributed by atoms with Gasteiger partial charge in [-0.25, -0.2) is 0 Å². The van der Waals surface area contributed by atoms with Crippen LogP contribution in [0, 0.1) is 0 Å². The van der Waals surface area contributed by atoms with Gasteiger partial charge in [-0.2, -0.15) is 0 Å². The van der Waals surface area contributed by atoms with E-state index in [1.54, 1.807) is 19.2 Å². The topological polar surface area (TPSA) is 44.8 Å². The number of methoxy groups -OCH3 is 1. The van der Waals surface area contributed by atoms with Gasteiger partial charge in [-0.1, -0.05) is 48.0 Å². The van der Waals surface area contributed by atoms with Crippen LogP contribution in [0.2, 0.25) is 0 Å². The number of ether oxygens (including phenoxy) is 3. The number of hydrogen-bond acceptors (Lipinski definition) is 4. The fourth-order valence-corrected chi connectivity index (χ4v) is 2.82. The van der Waals surface area contributed by atoms with Gasteiger partial charge in [0.2, 0.25) is 0 Å². The molecule has 128 valence electrons. The lowest BCUT2D eigenvalue weighted by molar-refractivity contribution is 0.111. The van der Waals surface area contributed by atoms with Crippen LogP contribution in [-0.4, -0.2) is 26.6 Å². The van der Waals surface area contributed by atoms with Crippen molar-refractivity contribution in [2.24, 2.45) is 0 Å². The Balaban J connectivity index is 2.02. The Morgan fingerprint density at radius 2 is 1.79 bits per heavy atom. The third-order valence-electron chi connectivity index (χ3n) is 3.52. The van der Waals surface area contributed by atoms with Crippen LogP contribution in [0.5, 0.6) is 17.2 Å². The minimum Gasteiger partial charge on any atom is -0.493 e. The highest BCUT2D eigenvalue weighted by Crippen LogP contribution is 2.34. The summed E-state index contributed by atoms with van der Waals surface area (Å²) in [5.41, 5.74) is 1.59. The summed E-state index contributed by atoms with van der Waals surface area (Å²) >= 11 is 3.34. The number of rotatable bonds is 8. The fourth-order valence-electron chi connectivity index (χ4n) is 2.37. The van der Waals surface area contributed by atoms with Crippen LogP contribution in [0.1, 0.15) is 35.7 Å². The van der Waals surface area contributed by atoms with Gasteiger partial charge in [0.15, 0.2) is 17.8 Å². The maximum atomic E-state index is 11.2. The lowest BCUT2D eigenvalue weighted by Crippen LogP contribution is -2.11. The van der Waals surface area contributed by atoms with Gasteiger partial charge in [0, 0.05) is 4.47 Å². The van der Waals surface area contributed by atoms with Crippen LogP contribution in [0.25, 0.3) is 0 Å². The zero-order valence-corrected chi connectivity index (χ0v) is 15.6. The van der Waals surface area contributed by atoms with Crippen molar-refractivity contribution < 1.29 is 19.0 Å². The lowest BCUT2D eigenvalue weighted by atomic mass is 10.0. The molecule has 0 aliphatic rings. The molecule has 0 aliphatic carbocycles. The van der Waals surface area contributed by atoms with Crippen molar-refractivity contribution in [2.45, 2.75) is 19.8 Å². The van der Waals surface area contributed by atoms with E-state index in [0.717, 1.165) is 22.1 Å². The van der Waals surface area contributed by atoms with E-state index >= 15 is 0 Å². The Bertz CT molecular complexity index is 698. The Morgan fingerprint density at radius 3 is 2.46 bits per heavy atom. The molecule has 0 heterocycles. The number of carbonyl (C=O) groups is 1. The smallest absolute Gasteiger partial charge is 0.171 e. The summed E-state index contributed by atoms with van der Waals surface area (Å²) < 4.78 is 17.6. The van der Waals surface area contributed by atoms with E-state index in [4.69, 9.17) is 14.2 Å². The molecule has 5 heteroatoms. The van der Waals surface area contributed by atoms with Gasteiger partial charge in [-0.15, -0.1) is 0 Å². The number of hydrogen-bond donors (Lipinski definition) is 0. The monoisotopic (exact) mass is 392 g/mol. The summed E-state index contributed by atoms with van der Waals surface area (Å²) in [4.78, 5) is 11.2. The van der Waals surface area contributed by atoms with Crippen LogP contribution in [0.4, 0.5) is 0 Å². The van der Waals surface area contributed by atoms with Gasteiger partial charge in [-0.3, -0.25) is 4.79 Å². The van der Waals surface area contributed by atoms with Gasteiger partial charge in [-0.05, 0) is 29.7 Å². The first-order valence-electron chi connectivity index (χ1n) is 7.74. The number of benzene rings is 2. The first-order chi connectivity index (χ1) is 11.6. The molecule has 0 atom stereocenters. The molecule has 0 aliphatic heterocycles. The van der Waals surface area contributed by atoms with Crippen molar-refractivity contribution in [3.8, 4) is 17.2 Å². The quantitative estimate of drug-likeness (QED) is 0.475. The Labute approximate surface area is 150 Å². The van der Waals surface area contributed by atoms with Gasteiger partial charge >= 0.3 is 0 Å². The molecule has 0 fully saturated rings. The molecule has 2 aromatic carbocycles. The van der Waals surface area contributed by atoms with Crippen LogP contribution in [-0.2, 0) is 0 Å². The van der Waals surface area contributed by atoms with Crippen LogP contribution in [0.15, 0.2) is 40.9 Å². The number of para-hydroxylation sites is 1. The number of aldehydes is 1. The van der Waals surface area contributed by atoms with Gasteiger partial charge < -0.3 is 14.2 Å². The summed E-state index contributed by atoms with van der Waals surface area (Å²) in [6.45, 7) is 4.94. The molecule has 24 heavy (non-hydrogen) atoms. The SMILES string of the molecule is COc1cc(Br)cc(C=O)c1OCCOc1ccccc1C(C)C. The summed E-state index contributed by atoms with van der Waals surface area (Å²) in [6, 6.07) is 11.4. The zero-order valence-electron chi connectivity index (χ0n) is 14.0. The second kappa shape index (κ2) is 8.73. The van der Waals surface area contributed by atoms with E-state index < -0.39 is 0 Å². The van der Waals surface area contributed by atoms with Crippen molar-refractivity contribution in [3.05, 3.63) is 52.0 Å². The molecule has 0 bridgehead atoms. The molecule has 2 aromatic rings. The predicted molar refractivity (Wildman–Crippen MR) is 97.6 cm³/mol. The molecule has 4 nitrogen and oxygen atoms in total. The highest BCUT2D eigenvalue weighted by atomic mass is 79.9. The summed E-state index contributed by atoms with van der Waals surface area (Å²) in [5.74, 6) is 2.18. The average Bonchev–Trinajstić information content (AvgIpc) is 2.59. The normalized spacial score (nSPS) is 10.5. The van der Waals surface area contributed by atoms with Crippen molar-refractivity contribution in [1.29, 1.82) is 0 Å². The van der Waals surface area contributed by atoms with Crippen LogP contribution < -0.4 is 14.2 Å². The standard InChI is InChI=1S/C19H21BrO4/c1-13(2)16-6-4-5-7-17(16)23-8-9-24-19-14(12-21)10-15(20)11-18(19)22-3/h4-7,10-13H,8-9H2,1-3H3. The number of carbonyl (C=O) groups excluding carboxylic acids is 1. The lowest BCUT2D eigenvalue weighted by Gasteiger charge is -2.16. The van der Waals surface area contributed by atoms with E-state index in [2.05, 4.69) is 35.8 Å². The second-order valence-electron chi connectivity index (χ2n) is 5.53. The maximum Gasteiger partial charge on any atom is 0.171 e. The largest absolute Gasteiger partial charge is 0.493 e. The van der Waals surface area contributed by atoms with Gasteiger partial charge in [0.1, 0.15) is 19.0 Å². The second-order valence-corrected chi connectivity index (χ2v) is 6.45. The minimum atomic E-state index is 0.311. The van der Waals surface area contributed by atoms with E-state index in [1.165, 1.54) is 0 Å². The molecule has 0 saturated carbocycles. The fraction of sp³-hybridized carbons (Fsp3) is 0.316. The van der Waals surface area contributed by atoms with E-state index in [0.29, 0.717) is 36.2 Å². The van der Waals surface area contributed by atoms with E-state index in [-0.39, 0.29) is 0 Å². The molecule has 0 N–H and O–H groups in total. The van der Waals surface area contributed by atoms with E-state index in [1.807, 2.05) is 18.2 Å². The molecule has 0 aromatic heterocycles. The van der Waals surface area contributed by atoms with Crippen molar-refractivity contribution in [3.63, 3.8) is 0 Å². The molecule has 2 rings (SSSR count). The van der Waals surface area contributed by atoms with Crippen LogP contribution in [0.3, 0.4) is 0 Å².